The van der Waals surface area contributed by atoms with Crippen LogP contribution in [0.5, 0.6) is 5.75 Å². The predicted molar refractivity (Wildman–Crippen MR) is 105 cm³/mol. The third-order valence-corrected chi connectivity index (χ3v) is 5.53. The number of aryl methyl sites for hydroxylation is 1. The Morgan fingerprint density at radius 3 is 2.58 bits per heavy atom. The van der Waals surface area contributed by atoms with E-state index in [9.17, 15) is 4.79 Å². The number of ether oxygens (including phenoxy) is 1. The van der Waals surface area contributed by atoms with Crippen molar-refractivity contribution in [2.45, 2.75) is 39.7 Å². The third kappa shape index (κ3) is 3.54. The van der Waals surface area contributed by atoms with Crippen molar-refractivity contribution < 1.29 is 9.53 Å². The van der Waals surface area contributed by atoms with Crippen LogP contribution in [0.3, 0.4) is 0 Å². The van der Waals surface area contributed by atoms with Crippen molar-refractivity contribution in [3.8, 4) is 5.75 Å². The Hall–Kier alpha value is -2.14. The molecule has 0 atom stereocenters. The summed E-state index contributed by atoms with van der Waals surface area (Å²) in [6.07, 6.45) is 2.09. The van der Waals surface area contributed by atoms with Gasteiger partial charge in [0.1, 0.15) is 11.3 Å². The average Bonchev–Trinajstić information content (AvgIpc) is 2.68. The lowest BCUT2D eigenvalue weighted by molar-refractivity contribution is 0.0630. The Labute approximate surface area is 156 Å². The van der Waals surface area contributed by atoms with E-state index >= 15 is 0 Å². The Morgan fingerprint density at radius 1 is 1.27 bits per heavy atom. The zero-order valence-corrected chi connectivity index (χ0v) is 16.3. The molecule has 5 heteroatoms. The molecular formula is C21H29N3O2. The number of methoxy groups -OCH3 is 1. The van der Waals surface area contributed by atoms with Gasteiger partial charge in [0.15, 0.2) is 0 Å². The number of amides is 1. The van der Waals surface area contributed by atoms with Gasteiger partial charge in [0.2, 0.25) is 0 Å². The molecule has 3 rings (SSSR count). The second-order valence-corrected chi connectivity index (χ2v) is 6.90. The number of hydrogen-bond acceptors (Lipinski definition) is 4. The third-order valence-electron chi connectivity index (χ3n) is 5.53. The number of rotatable bonds is 5. The van der Waals surface area contributed by atoms with Crippen LogP contribution in [0.4, 0.5) is 0 Å². The first-order valence-corrected chi connectivity index (χ1v) is 9.56. The van der Waals surface area contributed by atoms with Crippen LogP contribution in [0.25, 0.3) is 10.9 Å². The number of benzene rings is 1. The van der Waals surface area contributed by atoms with Crippen LogP contribution in [0.15, 0.2) is 24.3 Å². The quantitative estimate of drug-likeness (QED) is 0.823. The number of carbonyl (C=O) groups is 1. The molecule has 0 N–H and O–H groups in total. The lowest BCUT2D eigenvalue weighted by atomic mass is 10.0. The van der Waals surface area contributed by atoms with Gasteiger partial charge >= 0.3 is 0 Å². The van der Waals surface area contributed by atoms with Gasteiger partial charge in [-0.3, -0.25) is 4.79 Å². The summed E-state index contributed by atoms with van der Waals surface area (Å²) in [5.41, 5.74) is 2.27. The van der Waals surface area contributed by atoms with Crippen LogP contribution in [-0.2, 0) is 0 Å². The summed E-state index contributed by atoms with van der Waals surface area (Å²) < 4.78 is 5.39. The molecule has 140 valence electrons. The van der Waals surface area contributed by atoms with Crippen molar-refractivity contribution in [1.82, 2.24) is 14.8 Å². The minimum absolute atomic E-state index is 0.0951. The Kier molecular flexibility index (Phi) is 5.77. The number of fused-ring (bicyclic) bond motifs is 1. The molecule has 26 heavy (non-hydrogen) atoms. The van der Waals surface area contributed by atoms with Crippen LogP contribution in [0.2, 0.25) is 0 Å². The molecule has 1 fully saturated rings. The first kappa shape index (κ1) is 18.6. The lowest BCUT2D eigenvalue weighted by Crippen LogP contribution is -2.46. The molecule has 1 aromatic carbocycles. The Morgan fingerprint density at radius 2 is 1.96 bits per heavy atom. The first-order chi connectivity index (χ1) is 12.6. The van der Waals surface area contributed by atoms with Gasteiger partial charge in [0, 0.05) is 24.5 Å². The Bertz CT molecular complexity index is 778. The van der Waals surface area contributed by atoms with E-state index in [-0.39, 0.29) is 5.91 Å². The van der Waals surface area contributed by atoms with Gasteiger partial charge < -0.3 is 14.5 Å². The van der Waals surface area contributed by atoms with Gasteiger partial charge in [-0.05, 0) is 45.0 Å². The van der Waals surface area contributed by atoms with Gasteiger partial charge in [-0.1, -0.05) is 26.0 Å². The molecule has 0 spiro atoms. The molecule has 1 aliphatic rings. The van der Waals surface area contributed by atoms with E-state index in [1.165, 1.54) is 0 Å². The van der Waals surface area contributed by atoms with Crippen LogP contribution in [0.1, 0.15) is 42.7 Å². The monoisotopic (exact) mass is 355 g/mol. The molecule has 0 unspecified atom stereocenters. The van der Waals surface area contributed by atoms with Gasteiger partial charge in [0.25, 0.3) is 5.91 Å². The van der Waals surface area contributed by atoms with E-state index in [0.717, 1.165) is 61.4 Å². The van der Waals surface area contributed by atoms with E-state index in [1.807, 2.05) is 36.1 Å². The van der Waals surface area contributed by atoms with Crippen molar-refractivity contribution in [2.24, 2.45) is 0 Å². The SMILES string of the molecule is CCN(CC)C1CCN(C(=O)c2cc3cccc(OC)c3nc2C)CC1. The highest BCUT2D eigenvalue weighted by molar-refractivity contribution is 5.99. The maximum Gasteiger partial charge on any atom is 0.255 e. The Balaban J connectivity index is 1.79. The summed E-state index contributed by atoms with van der Waals surface area (Å²) in [7, 11) is 1.64. The molecule has 1 aromatic heterocycles. The first-order valence-electron chi connectivity index (χ1n) is 9.56. The molecular weight excluding hydrogens is 326 g/mol. The van der Waals surface area contributed by atoms with E-state index in [2.05, 4.69) is 23.7 Å². The molecule has 2 heterocycles. The number of hydrogen-bond donors (Lipinski definition) is 0. The summed E-state index contributed by atoms with van der Waals surface area (Å²) in [6.45, 7) is 10.1. The highest BCUT2D eigenvalue weighted by atomic mass is 16.5. The number of aromatic nitrogens is 1. The van der Waals surface area contributed by atoms with Crippen molar-refractivity contribution in [3.63, 3.8) is 0 Å². The van der Waals surface area contributed by atoms with Gasteiger partial charge in [0.05, 0.1) is 18.4 Å². The predicted octanol–water partition coefficient (Wildman–Crippen LogP) is 3.50. The summed E-state index contributed by atoms with van der Waals surface area (Å²) in [5, 5.41) is 0.941. The largest absolute Gasteiger partial charge is 0.494 e. The van der Waals surface area contributed by atoms with Gasteiger partial charge in [-0.25, -0.2) is 4.98 Å². The standard InChI is InChI=1S/C21H29N3O2/c1-5-23(6-2)17-10-12-24(13-11-17)21(25)18-14-16-8-7-9-19(26-4)20(16)22-15(18)3/h7-9,14,17H,5-6,10-13H2,1-4H3. The minimum atomic E-state index is 0.0951. The van der Waals surface area contributed by atoms with E-state index in [4.69, 9.17) is 4.74 Å². The number of para-hydroxylation sites is 1. The molecule has 1 amide bonds. The molecule has 1 aliphatic heterocycles. The van der Waals surface area contributed by atoms with Crippen LogP contribution in [-0.4, -0.2) is 60.0 Å². The molecule has 2 aromatic rings. The minimum Gasteiger partial charge on any atom is -0.494 e. The summed E-state index contributed by atoms with van der Waals surface area (Å²) in [5.74, 6) is 0.836. The molecule has 0 bridgehead atoms. The molecule has 0 radical (unpaired) electrons. The fraction of sp³-hybridized carbons (Fsp3) is 0.524. The van der Waals surface area contributed by atoms with Crippen LogP contribution >= 0.6 is 0 Å². The fourth-order valence-electron chi connectivity index (χ4n) is 3.99. The number of carbonyl (C=O) groups excluding carboxylic acids is 1. The van der Waals surface area contributed by atoms with Gasteiger partial charge in [-0.15, -0.1) is 0 Å². The van der Waals surface area contributed by atoms with Crippen molar-refractivity contribution in [3.05, 3.63) is 35.5 Å². The van der Waals surface area contributed by atoms with E-state index in [1.54, 1.807) is 7.11 Å². The molecule has 1 saturated heterocycles. The van der Waals surface area contributed by atoms with E-state index < -0.39 is 0 Å². The molecule has 0 saturated carbocycles. The molecule has 0 aliphatic carbocycles. The summed E-state index contributed by atoms with van der Waals surface area (Å²) >= 11 is 0. The highest BCUT2D eigenvalue weighted by Gasteiger charge is 2.27. The van der Waals surface area contributed by atoms with Crippen molar-refractivity contribution >= 4 is 16.8 Å². The maximum absolute atomic E-state index is 13.1. The maximum atomic E-state index is 13.1. The zero-order valence-electron chi connectivity index (χ0n) is 16.3. The topological polar surface area (TPSA) is 45.7 Å². The van der Waals surface area contributed by atoms with Crippen molar-refractivity contribution in [1.29, 1.82) is 0 Å². The fourth-order valence-corrected chi connectivity index (χ4v) is 3.99. The lowest BCUT2D eigenvalue weighted by Gasteiger charge is -2.37. The number of pyridine rings is 1. The summed E-state index contributed by atoms with van der Waals surface area (Å²) in [4.78, 5) is 22.2. The number of piperidine rings is 1. The van der Waals surface area contributed by atoms with Gasteiger partial charge in [-0.2, -0.15) is 0 Å². The van der Waals surface area contributed by atoms with Crippen LogP contribution in [0, 0.1) is 6.92 Å². The zero-order chi connectivity index (χ0) is 18.7. The summed E-state index contributed by atoms with van der Waals surface area (Å²) in [6, 6.07) is 8.36. The smallest absolute Gasteiger partial charge is 0.255 e. The second-order valence-electron chi connectivity index (χ2n) is 6.90. The average molecular weight is 355 g/mol. The second kappa shape index (κ2) is 8.04. The number of likely N-dealkylation sites (tertiary alicyclic amines) is 1. The van der Waals surface area contributed by atoms with Crippen molar-refractivity contribution in [2.75, 3.05) is 33.3 Å². The molecule has 5 nitrogen and oxygen atoms in total. The number of nitrogens with zero attached hydrogens (tertiary/aromatic N) is 3. The van der Waals surface area contributed by atoms with Crippen LogP contribution < -0.4 is 4.74 Å². The van der Waals surface area contributed by atoms with E-state index in [0.29, 0.717) is 11.6 Å². The highest BCUT2D eigenvalue weighted by Crippen LogP contribution is 2.27. The normalized spacial score (nSPS) is 15.7.